The number of esters is 1. The fourth-order valence-electron chi connectivity index (χ4n) is 4.25. The molecule has 1 aliphatic carbocycles. The lowest BCUT2D eigenvalue weighted by Gasteiger charge is -2.32. The molecule has 1 aliphatic heterocycles. The molecule has 1 aromatic rings. The first-order chi connectivity index (χ1) is 12.9. The van der Waals surface area contributed by atoms with Crippen LogP contribution in [0.3, 0.4) is 0 Å². The highest BCUT2D eigenvalue weighted by molar-refractivity contribution is 5.95. The van der Waals surface area contributed by atoms with Gasteiger partial charge in [0.25, 0.3) is 5.91 Å². The minimum Gasteiger partial charge on any atom is -0.467 e. The van der Waals surface area contributed by atoms with Crippen molar-refractivity contribution in [3.63, 3.8) is 0 Å². The van der Waals surface area contributed by atoms with Gasteiger partial charge in [0.2, 0.25) is 5.91 Å². The van der Waals surface area contributed by atoms with Crippen molar-refractivity contribution >= 4 is 17.8 Å². The number of carbonyl (C=O) groups is 3. The number of nitrogens with one attached hydrogen (secondary N) is 1. The van der Waals surface area contributed by atoms with Crippen molar-refractivity contribution in [2.24, 2.45) is 5.92 Å². The molecule has 1 unspecified atom stereocenters. The van der Waals surface area contributed by atoms with E-state index in [2.05, 4.69) is 5.32 Å². The summed E-state index contributed by atoms with van der Waals surface area (Å²) in [7, 11) is 1.36. The molecule has 2 aliphatic rings. The average molecular weight is 376 g/mol. The Bertz CT molecular complexity index is 718. The van der Waals surface area contributed by atoms with Crippen LogP contribution < -0.4 is 5.32 Å². The van der Waals surface area contributed by atoms with Crippen molar-refractivity contribution in [2.45, 2.75) is 64.5 Å². The Hall–Kier alpha value is -2.31. The van der Waals surface area contributed by atoms with Crippen molar-refractivity contribution in [1.29, 1.82) is 0 Å². The van der Waals surface area contributed by atoms with Crippen molar-refractivity contribution in [3.05, 3.63) is 23.2 Å². The fourth-order valence-corrected chi connectivity index (χ4v) is 4.25. The van der Waals surface area contributed by atoms with Crippen LogP contribution in [0.1, 0.15) is 60.4 Å². The van der Waals surface area contributed by atoms with Crippen molar-refractivity contribution in [1.82, 2.24) is 10.2 Å². The number of nitrogens with zero attached hydrogens (tertiary/aromatic N) is 1. The van der Waals surface area contributed by atoms with Gasteiger partial charge in [-0.25, -0.2) is 4.79 Å². The van der Waals surface area contributed by atoms with Gasteiger partial charge in [0.05, 0.1) is 12.7 Å². The van der Waals surface area contributed by atoms with Crippen molar-refractivity contribution in [3.8, 4) is 0 Å². The van der Waals surface area contributed by atoms with Gasteiger partial charge in [-0.2, -0.15) is 0 Å². The van der Waals surface area contributed by atoms with Gasteiger partial charge in [0, 0.05) is 18.5 Å². The molecular formula is C20H28N2O5. The monoisotopic (exact) mass is 376 g/mol. The second kappa shape index (κ2) is 8.15. The number of aryl methyl sites for hydroxylation is 2. The van der Waals surface area contributed by atoms with Crippen LogP contribution in [-0.2, 0) is 14.3 Å². The molecule has 7 heteroatoms. The highest BCUT2D eigenvalue weighted by Crippen LogP contribution is 2.30. The molecule has 27 heavy (non-hydrogen) atoms. The second-order valence-electron chi connectivity index (χ2n) is 7.56. The standard InChI is InChI=1S/C20H28N2O5/c1-12-11-16(13(2)27-12)18(23)21-15-8-6-14(7-9-15)19(24)22-10-4-5-17(22)20(25)26-3/h11,14-15,17H,4-10H2,1-3H3,(H,21,23). The maximum atomic E-state index is 12.8. The number of likely N-dealkylation sites (tertiary alicyclic amines) is 1. The molecule has 0 bridgehead atoms. The summed E-state index contributed by atoms with van der Waals surface area (Å²) in [4.78, 5) is 38.8. The fraction of sp³-hybridized carbons (Fsp3) is 0.650. The maximum absolute atomic E-state index is 12.8. The Morgan fingerprint density at radius 1 is 1.15 bits per heavy atom. The SMILES string of the molecule is COC(=O)C1CCCN1C(=O)C1CCC(NC(=O)c2cc(C)oc2C)CC1. The van der Waals surface area contributed by atoms with Crippen LogP contribution in [0.2, 0.25) is 0 Å². The molecule has 2 amide bonds. The van der Waals surface area contributed by atoms with E-state index in [4.69, 9.17) is 9.15 Å². The van der Waals surface area contributed by atoms with Crippen LogP contribution in [0.25, 0.3) is 0 Å². The molecule has 0 aromatic carbocycles. The third kappa shape index (κ3) is 4.17. The molecule has 2 fully saturated rings. The zero-order valence-electron chi connectivity index (χ0n) is 16.2. The van der Waals surface area contributed by atoms with E-state index in [-0.39, 0.29) is 29.7 Å². The summed E-state index contributed by atoms with van der Waals surface area (Å²) in [6.45, 7) is 4.22. The van der Waals surface area contributed by atoms with Crippen LogP contribution >= 0.6 is 0 Å². The number of amides is 2. The maximum Gasteiger partial charge on any atom is 0.328 e. The largest absolute Gasteiger partial charge is 0.467 e. The molecule has 7 nitrogen and oxygen atoms in total. The molecule has 148 valence electrons. The summed E-state index contributed by atoms with van der Waals surface area (Å²) >= 11 is 0. The molecular weight excluding hydrogens is 348 g/mol. The zero-order chi connectivity index (χ0) is 19.6. The molecule has 3 rings (SSSR count). The van der Waals surface area contributed by atoms with E-state index in [0.717, 1.165) is 37.9 Å². The predicted octanol–water partition coefficient (Wildman–Crippen LogP) is 2.35. The van der Waals surface area contributed by atoms with E-state index >= 15 is 0 Å². The Morgan fingerprint density at radius 3 is 2.44 bits per heavy atom. The molecule has 1 saturated carbocycles. The van der Waals surface area contributed by atoms with Crippen LogP contribution in [0.15, 0.2) is 10.5 Å². The number of ether oxygens (including phenoxy) is 1. The van der Waals surface area contributed by atoms with E-state index in [1.165, 1.54) is 7.11 Å². The van der Waals surface area contributed by atoms with Gasteiger partial charge < -0.3 is 19.4 Å². The lowest BCUT2D eigenvalue weighted by Crippen LogP contribution is -2.46. The van der Waals surface area contributed by atoms with Gasteiger partial charge >= 0.3 is 5.97 Å². The Labute approximate surface area is 159 Å². The van der Waals surface area contributed by atoms with E-state index < -0.39 is 6.04 Å². The topological polar surface area (TPSA) is 88.9 Å². The summed E-state index contributed by atoms with van der Waals surface area (Å²) in [6, 6.07) is 1.37. The van der Waals surface area contributed by atoms with Crippen LogP contribution in [-0.4, -0.2) is 48.4 Å². The van der Waals surface area contributed by atoms with Gasteiger partial charge in [-0.15, -0.1) is 0 Å². The van der Waals surface area contributed by atoms with Gasteiger partial charge in [-0.05, 0) is 58.4 Å². The van der Waals surface area contributed by atoms with Crippen LogP contribution in [0.5, 0.6) is 0 Å². The summed E-state index contributed by atoms with van der Waals surface area (Å²) in [5.41, 5.74) is 0.573. The number of rotatable bonds is 4. The number of carbonyl (C=O) groups excluding carboxylic acids is 3. The second-order valence-corrected chi connectivity index (χ2v) is 7.56. The van der Waals surface area contributed by atoms with Gasteiger partial charge in [-0.1, -0.05) is 0 Å². The van der Waals surface area contributed by atoms with E-state index in [1.54, 1.807) is 17.9 Å². The molecule has 1 aromatic heterocycles. The lowest BCUT2D eigenvalue weighted by molar-refractivity contribution is -0.152. The van der Waals surface area contributed by atoms with E-state index in [1.807, 2.05) is 6.92 Å². The first-order valence-electron chi connectivity index (χ1n) is 9.67. The summed E-state index contributed by atoms with van der Waals surface area (Å²) in [5, 5.41) is 3.06. The number of furan rings is 1. The normalized spacial score (nSPS) is 25.3. The van der Waals surface area contributed by atoms with Gasteiger partial charge in [0.15, 0.2) is 0 Å². The Morgan fingerprint density at radius 2 is 1.85 bits per heavy atom. The highest BCUT2D eigenvalue weighted by atomic mass is 16.5. The highest BCUT2D eigenvalue weighted by Gasteiger charge is 2.39. The van der Waals surface area contributed by atoms with Crippen molar-refractivity contribution < 1.29 is 23.5 Å². The van der Waals surface area contributed by atoms with Crippen molar-refractivity contribution in [2.75, 3.05) is 13.7 Å². The summed E-state index contributed by atoms with van der Waals surface area (Å²) in [5.74, 6) is 0.863. The zero-order valence-corrected chi connectivity index (χ0v) is 16.2. The number of methoxy groups -OCH3 is 1. The van der Waals surface area contributed by atoms with Gasteiger partial charge in [-0.3, -0.25) is 9.59 Å². The first-order valence-corrected chi connectivity index (χ1v) is 9.67. The summed E-state index contributed by atoms with van der Waals surface area (Å²) in [6.07, 6.45) is 4.46. The summed E-state index contributed by atoms with van der Waals surface area (Å²) < 4.78 is 10.2. The number of hydrogen-bond donors (Lipinski definition) is 1. The third-order valence-electron chi connectivity index (χ3n) is 5.71. The smallest absolute Gasteiger partial charge is 0.328 e. The average Bonchev–Trinajstić information content (AvgIpc) is 3.27. The molecule has 0 spiro atoms. The van der Waals surface area contributed by atoms with E-state index in [9.17, 15) is 14.4 Å². The first kappa shape index (κ1) is 19.5. The Kier molecular flexibility index (Phi) is 5.87. The molecule has 1 saturated heterocycles. The van der Waals surface area contributed by atoms with Gasteiger partial charge in [0.1, 0.15) is 17.6 Å². The third-order valence-corrected chi connectivity index (χ3v) is 5.71. The molecule has 2 heterocycles. The molecule has 1 N–H and O–H groups in total. The van der Waals surface area contributed by atoms with Crippen LogP contribution in [0, 0.1) is 19.8 Å². The predicted molar refractivity (Wildman–Crippen MR) is 98.1 cm³/mol. The number of hydrogen-bond acceptors (Lipinski definition) is 5. The minimum absolute atomic E-state index is 0.0500. The molecule has 0 radical (unpaired) electrons. The van der Waals surface area contributed by atoms with E-state index in [0.29, 0.717) is 24.3 Å². The Balaban J connectivity index is 1.52. The minimum atomic E-state index is -0.438. The lowest BCUT2D eigenvalue weighted by atomic mass is 9.85. The molecule has 1 atom stereocenters. The van der Waals surface area contributed by atoms with Crippen LogP contribution in [0.4, 0.5) is 0 Å². The quantitative estimate of drug-likeness (QED) is 0.815.